The van der Waals surface area contributed by atoms with E-state index in [0.29, 0.717) is 36.1 Å². The molecule has 3 amide bonds. The first kappa shape index (κ1) is 27.6. The first-order valence-corrected chi connectivity index (χ1v) is 11.9. The summed E-state index contributed by atoms with van der Waals surface area (Å²) in [6, 6.07) is 10.2. The first-order valence-electron chi connectivity index (χ1n) is 11.9. The Kier molecular flexibility index (Phi) is 7.88. The highest BCUT2D eigenvalue weighted by Crippen LogP contribution is 2.28. The Morgan fingerprint density at radius 1 is 1.14 bits per heavy atom. The Balaban J connectivity index is 1.91. The van der Waals surface area contributed by atoms with E-state index in [9.17, 15) is 19.1 Å². The van der Waals surface area contributed by atoms with Crippen molar-refractivity contribution in [2.45, 2.75) is 59.6 Å². The van der Waals surface area contributed by atoms with Crippen LogP contribution in [0.1, 0.15) is 53.0 Å². The van der Waals surface area contributed by atoms with E-state index >= 15 is 0 Å². The summed E-state index contributed by atoms with van der Waals surface area (Å²) < 4.78 is 16.0. The molecule has 0 fully saturated rings. The number of hydrogen-bond donors (Lipinski definition) is 3. The van der Waals surface area contributed by atoms with Crippen LogP contribution in [0.5, 0.6) is 0 Å². The number of fused-ring (bicyclic) bond motifs is 1. The molecule has 0 aliphatic rings. The van der Waals surface area contributed by atoms with Gasteiger partial charge < -0.3 is 19.9 Å². The van der Waals surface area contributed by atoms with Crippen molar-refractivity contribution in [1.82, 2.24) is 9.55 Å². The molecule has 0 unspecified atom stereocenters. The van der Waals surface area contributed by atoms with Crippen LogP contribution in [0.4, 0.5) is 26.5 Å². The Hall–Kier alpha value is -3.97. The predicted octanol–water partition coefficient (Wildman–Crippen LogP) is 5.25. The number of carbonyl (C=O) groups excluding carboxylic acids is 2. The standard InChI is InChI=1S/C27H33FN6O3/c1-26(2,3)15-23(35)33(6)18-8-10-22-21(14-18)30-24(34(22)12-11-27(4,5)37)32-25(36)31-20-9-7-17(16-29)13-19(20)28/h7-10,13-14,37H,11-12,15H2,1-6H3,(H2,30,31,32,36). The van der Waals surface area contributed by atoms with E-state index in [2.05, 4.69) is 15.6 Å². The van der Waals surface area contributed by atoms with Crippen LogP contribution >= 0.6 is 0 Å². The lowest BCUT2D eigenvalue weighted by Gasteiger charge is -2.23. The molecule has 0 aliphatic carbocycles. The number of aromatic nitrogens is 2. The fourth-order valence-corrected chi connectivity index (χ4v) is 3.69. The molecule has 10 heteroatoms. The summed E-state index contributed by atoms with van der Waals surface area (Å²) in [5.41, 5.74) is 0.835. The molecule has 0 radical (unpaired) electrons. The minimum atomic E-state index is -0.957. The van der Waals surface area contributed by atoms with E-state index in [4.69, 9.17) is 5.26 Å². The number of rotatable bonds is 7. The Bertz CT molecular complexity index is 1360. The van der Waals surface area contributed by atoms with E-state index in [1.807, 2.05) is 32.9 Å². The summed E-state index contributed by atoms with van der Waals surface area (Å²) in [6.45, 7) is 9.72. The van der Waals surface area contributed by atoms with Gasteiger partial charge in [0.1, 0.15) is 5.82 Å². The molecule has 0 saturated carbocycles. The van der Waals surface area contributed by atoms with Gasteiger partial charge in [0, 0.05) is 25.7 Å². The van der Waals surface area contributed by atoms with Crippen molar-refractivity contribution in [2.24, 2.45) is 5.41 Å². The van der Waals surface area contributed by atoms with Crippen molar-refractivity contribution in [3.05, 3.63) is 47.8 Å². The number of nitrogens with zero attached hydrogens (tertiary/aromatic N) is 4. The Morgan fingerprint density at radius 2 is 1.84 bits per heavy atom. The Labute approximate surface area is 215 Å². The first-order chi connectivity index (χ1) is 17.2. The third-order valence-electron chi connectivity index (χ3n) is 5.69. The highest BCUT2D eigenvalue weighted by molar-refractivity contribution is 6.00. The highest BCUT2D eigenvalue weighted by atomic mass is 19.1. The average Bonchev–Trinajstić information content (AvgIpc) is 3.12. The molecule has 0 saturated heterocycles. The fourth-order valence-electron chi connectivity index (χ4n) is 3.69. The number of benzene rings is 2. The number of amides is 3. The SMILES string of the molecule is CN(C(=O)CC(C)(C)C)c1ccc2c(c1)nc(NC(=O)Nc1ccc(C#N)cc1F)n2CCC(C)(C)O. The molecule has 0 aliphatic heterocycles. The van der Waals surface area contributed by atoms with Crippen LogP contribution in [0.3, 0.4) is 0 Å². The normalized spacial score (nSPS) is 11.8. The lowest BCUT2D eigenvalue weighted by molar-refractivity contribution is -0.120. The quantitative estimate of drug-likeness (QED) is 0.402. The number of aliphatic hydroxyl groups is 1. The molecule has 9 nitrogen and oxygen atoms in total. The van der Waals surface area contributed by atoms with Crippen molar-refractivity contribution in [1.29, 1.82) is 5.26 Å². The molecule has 3 rings (SSSR count). The lowest BCUT2D eigenvalue weighted by Crippen LogP contribution is -2.29. The third kappa shape index (κ3) is 7.27. The number of anilines is 3. The maximum atomic E-state index is 14.2. The molecule has 2 aromatic carbocycles. The summed E-state index contributed by atoms with van der Waals surface area (Å²) in [7, 11) is 1.71. The van der Waals surface area contributed by atoms with Gasteiger partial charge in [-0.3, -0.25) is 10.1 Å². The van der Waals surface area contributed by atoms with Crippen LogP contribution in [-0.2, 0) is 11.3 Å². The van der Waals surface area contributed by atoms with Gasteiger partial charge in [-0.1, -0.05) is 20.8 Å². The second kappa shape index (κ2) is 10.6. The largest absolute Gasteiger partial charge is 0.390 e. The monoisotopic (exact) mass is 508 g/mol. The highest BCUT2D eigenvalue weighted by Gasteiger charge is 2.22. The summed E-state index contributed by atoms with van der Waals surface area (Å²) in [5.74, 6) is -0.570. The van der Waals surface area contributed by atoms with Crippen molar-refractivity contribution in [2.75, 3.05) is 22.6 Å². The summed E-state index contributed by atoms with van der Waals surface area (Å²) in [6.07, 6.45) is 0.755. The number of hydrogen-bond acceptors (Lipinski definition) is 5. The van der Waals surface area contributed by atoms with Gasteiger partial charge in [-0.15, -0.1) is 0 Å². The van der Waals surface area contributed by atoms with Crippen LogP contribution in [-0.4, -0.2) is 39.2 Å². The van der Waals surface area contributed by atoms with Gasteiger partial charge in [-0.2, -0.15) is 5.26 Å². The van der Waals surface area contributed by atoms with E-state index in [1.54, 1.807) is 42.5 Å². The van der Waals surface area contributed by atoms with Gasteiger partial charge in [-0.25, -0.2) is 14.2 Å². The molecule has 1 aromatic heterocycles. The molecule has 0 bridgehead atoms. The molecular formula is C27H33FN6O3. The van der Waals surface area contributed by atoms with Crippen LogP contribution in [0.2, 0.25) is 0 Å². The van der Waals surface area contributed by atoms with E-state index < -0.39 is 17.4 Å². The number of imidazole rings is 1. The predicted molar refractivity (Wildman–Crippen MR) is 142 cm³/mol. The zero-order chi connectivity index (χ0) is 27.5. The second-order valence-electron chi connectivity index (χ2n) is 10.9. The van der Waals surface area contributed by atoms with Gasteiger partial charge in [0.05, 0.1) is 34.0 Å². The number of halogens is 1. The summed E-state index contributed by atoms with van der Waals surface area (Å²) >= 11 is 0. The molecule has 3 N–H and O–H groups in total. The van der Waals surface area contributed by atoms with Crippen molar-refractivity contribution < 1.29 is 19.1 Å². The number of nitriles is 1. The number of urea groups is 1. The van der Waals surface area contributed by atoms with Gasteiger partial charge in [-0.05, 0) is 62.1 Å². The Morgan fingerprint density at radius 3 is 2.43 bits per heavy atom. The van der Waals surface area contributed by atoms with Gasteiger partial charge in [0.25, 0.3) is 0 Å². The number of nitrogens with one attached hydrogen (secondary N) is 2. The topological polar surface area (TPSA) is 123 Å². The van der Waals surface area contributed by atoms with Crippen molar-refractivity contribution in [3.63, 3.8) is 0 Å². The molecular weight excluding hydrogens is 475 g/mol. The van der Waals surface area contributed by atoms with Gasteiger partial charge >= 0.3 is 6.03 Å². The van der Waals surface area contributed by atoms with Crippen LogP contribution in [0.15, 0.2) is 36.4 Å². The van der Waals surface area contributed by atoms with Crippen molar-refractivity contribution in [3.8, 4) is 6.07 Å². The minimum absolute atomic E-state index is 0.0320. The maximum absolute atomic E-state index is 14.2. The van der Waals surface area contributed by atoms with Crippen LogP contribution in [0, 0.1) is 22.6 Å². The van der Waals surface area contributed by atoms with Crippen LogP contribution < -0.4 is 15.5 Å². The number of aryl methyl sites for hydroxylation is 1. The van der Waals surface area contributed by atoms with Gasteiger partial charge in [0.2, 0.25) is 11.9 Å². The third-order valence-corrected chi connectivity index (χ3v) is 5.69. The van der Waals surface area contributed by atoms with E-state index in [-0.39, 0.29) is 28.5 Å². The number of carbonyl (C=O) groups is 2. The van der Waals surface area contributed by atoms with Crippen molar-refractivity contribution >= 4 is 40.3 Å². The summed E-state index contributed by atoms with van der Waals surface area (Å²) in [5, 5.41) is 24.2. The molecule has 196 valence electrons. The molecule has 3 aromatic rings. The minimum Gasteiger partial charge on any atom is -0.390 e. The second-order valence-corrected chi connectivity index (χ2v) is 10.9. The molecule has 1 heterocycles. The zero-order valence-electron chi connectivity index (χ0n) is 22.0. The molecule has 0 atom stereocenters. The maximum Gasteiger partial charge on any atom is 0.326 e. The van der Waals surface area contributed by atoms with Crippen LogP contribution in [0.25, 0.3) is 11.0 Å². The average molecular weight is 509 g/mol. The van der Waals surface area contributed by atoms with E-state index in [1.165, 1.54) is 12.1 Å². The van der Waals surface area contributed by atoms with E-state index in [0.717, 1.165) is 6.07 Å². The summed E-state index contributed by atoms with van der Waals surface area (Å²) in [4.78, 5) is 31.6. The molecule has 37 heavy (non-hydrogen) atoms. The van der Waals surface area contributed by atoms with Gasteiger partial charge in [0.15, 0.2) is 0 Å². The zero-order valence-corrected chi connectivity index (χ0v) is 22.0. The smallest absolute Gasteiger partial charge is 0.326 e. The fraction of sp³-hybridized carbons (Fsp3) is 0.407. The molecule has 0 spiro atoms. The lowest BCUT2D eigenvalue weighted by atomic mass is 9.91.